The number of aromatic nitrogens is 4. The van der Waals surface area contributed by atoms with E-state index in [4.69, 9.17) is 4.98 Å². The Morgan fingerprint density at radius 2 is 0.742 bits per heavy atom. The van der Waals surface area contributed by atoms with Crippen molar-refractivity contribution in [3.63, 3.8) is 0 Å². The normalized spacial score (nSPS) is 11.9. The molecule has 62 heavy (non-hydrogen) atoms. The maximum absolute atomic E-state index is 5.08. The van der Waals surface area contributed by atoms with Gasteiger partial charge in [0.1, 0.15) is 0 Å². The van der Waals surface area contributed by atoms with Crippen LogP contribution in [-0.4, -0.2) is 18.7 Å². The molecule has 8 aromatic carbocycles. The van der Waals surface area contributed by atoms with E-state index in [1.165, 1.54) is 93.2 Å². The standard InChI is InChI=1S/C58H44N4/c1-37-20-26-57-51(28-37)49-14-6-10-18-55(49)61(57)45-34-42(35-46(36-45)62-56-19-11-7-15-50(56)52-29-38(2)21-27-58(52)62)31-41-30-39(3)59-43(33-41)32-40-22-24-44(25-23-40)60-53-16-8-4-12-47(53)48-13-5-9-17-54(48)60/h4-30,33-36H,31-32H2,1-3H3. The Balaban J connectivity index is 0.961. The number of hydrogen-bond acceptors (Lipinski definition) is 1. The van der Waals surface area contributed by atoms with Crippen molar-refractivity contribution in [1.82, 2.24) is 18.7 Å². The minimum absolute atomic E-state index is 0.759. The molecule has 0 radical (unpaired) electrons. The van der Waals surface area contributed by atoms with E-state index in [-0.39, 0.29) is 0 Å². The van der Waals surface area contributed by atoms with Gasteiger partial charge in [0, 0.05) is 67.2 Å². The highest BCUT2D eigenvalue weighted by Gasteiger charge is 2.18. The number of aryl methyl sites for hydroxylation is 3. The Morgan fingerprint density at radius 3 is 1.24 bits per heavy atom. The van der Waals surface area contributed by atoms with Gasteiger partial charge in [0.25, 0.3) is 0 Å². The van der Waals surface area contributed by atoms with E-state index in [1.54, 1.807) is 0 Å². The third kappa shape index (κ3) is 5.94. The summed E-state index contributed by atoms with van der Waals surface area (Å²) in [5.41, 5.74) is 19.1. The molecule has 0 bridgehead atoms. The second-order valence-electron chi connectivity index (χ2n) is 17.1. The third-order valence-electron chi connectivity index (χ3n) is 12.8. The van der Waals surface area contributed by atoms with Crippen molar-refractivity contribution in [2.75, 3.05) is 0 Å². The molecule has 0 aliphatic carbocycles. The van der Waals surface area contributed by atoms with Crippen LogP contribution in [0.3, 0.4) is 0 Å². The van der Waals surface area contributed by atoms with Crippen molar-refractivity contribution in [1.29, 1.82) is 0 Å². The fourth-order valence-electron chi connectivity index (χ4n) is 10.2. The van der Waals surface area contributed by atoms with Crippen LogP contribution in [0.25, 0.3) is 82.5 Å². The number of benzene rings is 8. The highest BCUT2D eigenvalue weighted by Crippen LogP contribution is 2.38. The quantitative estimate of drug-likeness (QED) is 0.158. The molecule has 4 aromatic heterocycles. The van der Waals surface area contributed by atoms with Crippen molar-refractivity contribution in [3.8, 4) is 17.1 Å². The lowest BCUT2D eigenvalue weighted by Gasteiger charge is -2.16. The molecule has 0 atom stereocenters. The zero-order valence-corrected chi connectivity index (χ0v) is 35.1. The molecule has 0 aliphatic rings. The van der Waals surface area contributed by atoms with E-state index < -0.39 is 0 Å². The van der Waals surface area contributed by atoms with Crippen LogP contribution in [0.2, 0.25) is 0 Å². The summed E-state index contributed by atoms with van der Waals surface area (Å²) in [4.78, 5) is 5.08. The second kappa shape index (κ2) is 14.2. The summed E-state index contributed by atoms with van der Waals surface area (Å²) in [6.07, 6.45) is 1.53. The van der Waals surface area contributed by atoms with Gasteiger partial charge in [0.15, 0.2) is 0 Å². The second-order valence-corrected chi connectivity index (χ2v) is 17.1. The summed E-state index contributed by atoms with van der Waals surface area (Å²) in [6, 6.07) is 69.5. The molecule has 0 N–H and O–H groups in total. The van der Waals surface area contributed by atoms with Crippen molar-refractivity contribution < 1.29 is 0 Å². The van der Waals surface area contributed by atoms with Gasteiger partial charge in [-0.1, -0.05) is 108 Å². The fourth-order valence-corrected chi connectivity index (χ4v) is 10.2. The smallest absolute Gasteiger partial charge is 0.0541 e. The maximum Gasteiger partial charge on any atom is 0.0541 e. The molecule has 4 heterocycles. The van der Waals surface area contributed by atoms with Crippen molar-refractivity contribution >= 4 is 65.4 Å². The van der Waals surface area contributed by atoms with Gasteiger partial charge in [-0.25, -0.2) is 0 Å². The minimum atomic E-state index is 0.759. The number of fused-ring (bicyclic) bond motifs is 9. The Hall–Kier alpha value is -7.69. The van der Waals surface area contributed by atoms with Gasteiger partial charge in [0.05, 0.1) is 33.1 Å². The topological polar surface area (TPSA) is 27.7 Å². The highest BCUT2D eigenvalue weighted by atomic mass is 15.0. The average molecular weight is 797 g/mol. The monoisotopic (exact) mass is 796 g/mol. The first-order valence-corrected chi connectivity index (χ1v) is 21.6. The summed E-state index contributed by atoms with van der Waals surface area (Å²) in [5.74, 6) is 0. The third-order valence-corrected chi connectivity index (χ3v) is 12.8. The first-order valence-electron chi connectivity index (χ1n) is 21.6. The lowest BCUT2D eigenvalue weighted by Crippen LogP contribution is -2.03. The molecular weight excluding hydrogens is 753 g/mol. The molecule has 12 rings (SSSR count). The van der Waals surface area contributed by atoms with Crippen molar-refractivity contribution in [2.24, 2.45) is 0 Å². The van der Waals surface area contributed by atoms with E-state index in [9.17, 15) is 0 Å². The predicted octanol–water partition coefficient (Wildman–Crippen LogP) is 14.5. The van der Waals surface area contributed by atoms with Crippen LogP contribution in [0.4, 0.5) is 0 Å². The van der Waals surface area contributed by atoms with Crippen LogP contribution >= 0.6 is 0 Å². The number of hydrogen-bond donors (Lipinski definition) is 0. The molecule has 0 saturated heterocycles. The Bertz CT molecular complexity index is 3530. The van der Waals surface area contributed by atoms with Gasteiger partial charge in [-0.15, -0.1) is 0 Å². The van der Waals surface area contributed by atoms with Crippen LogP contribution in [0.15, 0.2) is 188 Å². The van der Waals surface area contributed by atoms with Gasteiger partial charge >= 0.3 is 0 Å². The molecule has 4 heteroatoms. The van der Waals surface area contributed by atoms with Crippen LogP contribution in [-0.2, 0) is 12.8 Å². The molecular formula is C58H44N4. The zero-order valence-electron chi connectivity index (χ0n) is 35.1. The number of rotatable bonds is 7. The molecule has 0 spiro atoms. The largest absolute Gasteiger partial charge is 0.309 e. The van der Waals surface area contributed by atoms with Crippen LogP contribution < -0.4 is 0 Å². The summed E-state index contributed by atoms with van der Waals surface area (Å²) >= 11 is 0. The zero-order chi connectivity index (χ0) is 41.5. The van der Waals surface area contributed by atoms with Gasteiger partial charge < -0.3 is 13.7 Å². The van der Waals surface area contributed by atoms with E-state index in [1.807, 2.05) is 0 Å². The fraction of sp³-hybridized carbons (Fsp3) is 0.0862. The maximum atomic E-state index is 5.08. The Labute approximate surface area is 360 Å². The number of pyridine rings is 1. The molecule has 12 aromatic rings. The first-order chi connectivity index (χ1) is 30.4. The van der Waals surface area contributed by atoms with E-state index >= 15 is 0 Å². The summed E-state index contributed by atoms with van der Waals surface area (Å²) in [7, 11) is 0. The van der Waals surface area contributed by atoms with Gasteiger partial charge in [-0.2, -0.15) is 0 Å². The number of para-hydroxylation sites is 4. The lowest BCUT2D eigenvalue weighted by molar-refractivity contribution is 1.01. The van der Waals surface area contributed by atoms with Gasteiger partial charge in [-0.05, 0) is 135 Å². The van der Waals surface area contributed by atoms with Gasteiger partial charge in [0.2, 0.25) is 0 Å². The molecule has 0 amide bonds. The molecule has 296 valence electrons. The Morgan fingerprint density at radius 1 is 0.323 bits per heavy atom. The first kappa shape index (κ1) is 36.2. The molecule has 0 saturated carbocycles. The molecule has 0 fully saturated rings. The summed E-state index contributed by atoms with van der Waals surface area (Å²) in [5, 5.41) is 7.63. The van der Waals surface area contributed by atoms with Crippen molar-refractivity contribution in [2.45, 2.75) is 33.6 Å². The van der Waals surface area contributed by atoms with Gasteiger partial charge in [-0.3, -0.25) is 4.98 Å². The van der Waals surface area contributed by atoms with Crippen LogP contribution in [0, 0.1) is 20.8 Å². The van der Waals surface area contributed by atoms with Crippen LogP contribution in [0.5, 0.6) is 0 Å². The summed E-state index contributed by atoms with van der Waals surface area (Å²) < 4.78 is 7.29. The number of nitrogens with zero attached hydrogens (tertiary/aromatic N) is 4. The SMILES string of the molecule is Cc1ccc2c(c1)c1ccccc1n2-c1cc(Cc2cc(C)nc(Cc3ccc(-n4c5ccccc5c5ccccc54)cc3)c2)cc(-n2c3ccccc3c3cc(C)ccc32)c1. The average Bonchev–Trinajstić information content (AvgIpc) is 3.92. The minimum Gasteiger partial charge on any atom is -0.309 e. The van der Waals surface area contributed by atoms with E-state index in [0.717, 1.165) is 41.3 Å². The molecule has 0 aliphatic heterocycles. The van der Waals surface area contributed by atoms with Crippen molar-refractivity contribution in [3.05, 3.63) is 227 Å². The van der Waals surface area contributed by atoms with E-state index in [0.29, 0.717) is 0 Å². The lowest BCUT2D eigenvalue weighted by atomic mass is 10.0. The Kier molecular flexibility index (Phi) is 8.30. The molecule has 0 unspecified atom stereocenters. The summed E-state index contributed by atoms with van der Waals surface area (Å²) in [6.45, 7) is 6.49. The van der Waals surface area contributed by atoms with Crippen LogP contribution in [0.1, 0.15) is 39.2 Å². The molecule has 4 nitrogen and oxygen atoms in total. The highest BCUT2D eigenvalue weighted by molar-refractivity contribution is 6.11. The van der Waals surface area contributed by atoms with E-state index in [2.05, 4.69) is 223 Å². The predicted molar refractivity (Wildman–Crippen MR) is 260 cm³/mol.